The number of methoxy groups -OCH3 is 2. The molecule has 2 aliphatic rings. The Balaban J connectivity index is 1.87. The van der Waals surface area contributed by atoms with Crippen molar-refractivity contribution in [1.29, 1.82) is 0 Å². The fourth-order valence-electron chi connectivity index (χ4n) is 5.88. The number of hydrogen-bond donors (Lipinski definition) is 0. The van der Waals surface area contributed by atoms with Crippen LogP contribution < -0.4 is 9.47 Å². The smallest absolute Gasteiger partial charge is 0.342 e. The summed E-state index contributed by atoms with van der Waals surface area (Å²) in [7, 11) is 3.11. The van der Waals surface area contributed by atoms with Crippen molar-refractivity contribution >= 4 is 11.9 Å². The third-order valence-electron chi connectivity index (χ3n) is 7.87. The number of hydrogen-bond acceptors (Lipinski definition) is 8. The van der Waals surface area contributed by atoms with E-state index in [4.69, 9.17) is 31.9 Å². The van der Waals surface area contributed by atoms with Crippen LogP contribution in [0.15, 0.2) is 11.6 Å². The van der Waals surface area contributed by atoms with E-state index >= 15 is 0 Å². The van der Waals surface area contributed by atoms with E-state index in [0.29, 0.717) is 29.9 Å². The molecular formula is C33H51NO7. The average Bonchev–Trinajstić information content (AvgIpc) is 3.25. The molecule has 2 heterocycles. The van der Waals surface area contributed by atoms with Crippen LogP contribution >= 0.6 is 0 Å². The van der Waals surface area contributed by atoms with Crippen molar-refractivity contribution in [1.82, 2.24) is 4.90 Å². The Morgan fingerprint density at radius 3 is 2.24 bits per heavy atom. The fraction of sp³-hybridized carbons (Fsp3) is 0.697. The molecule has 0 saturated carbocycles. The van der Waals surface area contributed by atoms with Crippen LogP contribution in [0.25, 0.3) is 0 Å². The molecule has 0 N–H and O–H groups in total. The predicted octanol–water partition coefficient (Wildman–Crippen LogP) is 6.25. The van der Waals surface area contributed by atoms with Crippen LogP contribution in [-0.4, -0.2) is 68.9 Å². The maximum absolute atomic E-state index is 13.3. The van der Waals surface area contributed by atoms with Gasteiger partial charge in [0, 0.05) is 43.4 Å². The van der Waals surface area contributed by atoms with E-state index in [1.807, 2.05) is 34.6 Å². The molecule has 2 aliphatic heterocycles. The Bertz CT molecular complexity index is 1370. The monoisotopic (exact) mass is 579 g/mol. The number of rotatable bonds is 12. The summed E-state index contributed by atoms with van der Waals surface area (Å²) in [6.45, 7) is 9.84. The van der Waals surface area contributed by atoms with Crippen molar-refractivity contribution in [2.24, 2.45) is 11.8 Å². The van der Waals surface area contributed by atoms with Gasteiger partial charge in [0.1, 0.15) is 29.8 Å². The summed E-state index contributed by atoms with van der Waals surface area (Å²) in [5.74, 6) is -0.699. The number of nitrogens with zero attached hydrogens (tertiary/aromatic N) is 1. The topological polar surface area (TPSA) is 83.5 Å². The van der Waals surface area contributed by atoms with E-state index in [-0.39, 0.29) is 18.4 Å². The van der Waals surface area contributed by atoms with E-state index in [1.54, 1.807) is 21.0 Å². The minimum atomic E-state index is -2.74. The molecule has 0 bridgehead atoms. The highest BCUT2D eigenvalue weighted by Gasteiger charge is 2.39. The van der Waals surface area contributed by atoms with Gasteiger partial charge in [-0.25, -0.2) is 4.79 Å². The first kappa shape index (κ1) is 25.0. The van der Waals surface area contributed by atoms with Gasteiger partial charge in [0.25, 0.3) is 0 Å². The molecule has 3 rings (SSSR count). The highest BCUT2D eigenvalue weighted by atomic mass is 16.6. The first-order valence-electron chi connectivity index (χ1n) is 17.4. The van der Waals surface area contributed by atoms with Crippen molar-refractivity contribution in [3.05, 3.63) is 33.9 Å². The Morgan fingerprint density at radius 2 is 1.71 bits per heavy atom. The SMILES string of the molecule is [2H]C1([2H])OC([2H])([2H])C([2H])(C)N(C(C)COC(=O)C(C)C/C(=C/C(C)c2c(OC)c(CC)c3c(c2OC)C(=O)OC3C)C(C)C)C1([2H])C. The number of carbonyl (C=O) groups excluding carboxylic acids is 2. The molecule has 1 saturated heterocycles. The highest BCUT2D eigenvalue weighted by molar-refractivity contribution is 5.99. The lowest BCUT2D eigenvalue weighted by Gasteiger charge is -2.42. The van der Waals surface area contributed by atoms with Crippen LogP contribution in [0.1, 0.15) is 116 Å². The van der Waals surface area contributed by atoms with Crippen molar-refractivity contribution in [3.8, 4) is 11.5 Å². The molecule has 1 aromatic rings. The number of morpholine rings is 1. The van der Waals surface area contributed by atoms with E-state index in [1.165, 1.54) is 21.0 Å². The summed E-state index contributed by atoms with van der Waals surface area (Å²) in [4.78, 5) is 27.2. The Labute approximate surface area is 255 Å². The van der Waals surface area contributed by atoms with Gasteiger partial charge >= 0.3 is 11.9 Å². The maximum atomic E-state index is 13.3. The third-order valence-corrected chi connectivity index (χ3v) is 7.87. The van der Waals surface area contributed by atoms with Crippen LogP contribution in [-0.2, 0) is 25.4 Å². The quantitative estimate of drug-likeness (QED) is 0.212. The number of carbonyl (C=O) groups is 2. The lowest BCUT2D eigenvalue weighted by Crippen LogP contribution is -2.54. The van der Waals surface area contributed by atoms with E-state index < -0.39 is 55.2 Å². The second kappa shape index (κ2) is 14.1. The van der Waals surface area contributed by atoms with Gasteiger partial charge in [0.15, 0.2) is 0 Å². The van der Waals surface area contributed by atoms with Gasteiger partial charge in [-0.1, -0.05) is 46.3 Å². The van der Waals surface area contributed by atoms with E-state index in [9.17, 15) is 9.59 Å². The lowest BCUT2D eigenvalue weighted by molar-refractivity contribution is -0.151. The fourth-order valence-corrected chi connectivity index (χ4v) is 5.88. The number of fused-ring (bicyclic) bond motifs is 1. The highest BCUT2D eigenvalue weighted by Crippen LogP contribution is 2.49. The van der Waals surface area contributed by atoms with Crippen molar-refractivity contribution < 1.29 is 41.5 Å². The number of cyclic esters (lactones) is 1. The number of ether oxygens (including phenoxy) is 5. The van der Waals surface area contributed by atoms with Gasteiger partial charge in [0.2, 0.25) is 0 Å². The van der Waals surface area contributed by atoms with Gasteiger partial charge in [-0.15, -0.1) is 0 Å². The number of esters is 2. The lowest BCUT2D eigenvalue weighted by atomic mass is 9.84. The summed E-state index contributed by atoms with van der Waals surface area (Å²) in [6, 6.07) is -5.18. The molecule has 41 heavy (non-hydrogen) atoms. The van der Waals surface area contributed by atoms with Crippen molar-refractivity contribution in [2.45, 2.75) is 105 Å². The molecule has 0 aromatic heterocycles. The summed E-state index contributed by atoms with van der Waals surface area (Å²) in [6.07, 6.45) is 2.62. The summed E-state index contributed by atoms with van der Waals surface area (Å²) >= 11 is 0. The molecule has 8 nitrogen and oxygen atoms in total. The summed E-state index contributed by atoms with van der Waals surface area (Å²) in [5, 5.41) is 0. The Hall–Kier alpha value is -2.58. The average molecular weight is 580 g/mol. The van der Waals surface area contributed by atoms with Gasteiger partial charge in [0.05, 0.1) is 38.7 Å². The van der Waals surface area contributed by atoms with Crippen LogP contribution in [0.3, 0.4) is 0 Å². The zero-order valence-corrected chi connectivity index (χ0v) is 26.4. The minimum Gasteiger partial charge on any atom is -0.496 e. The maximum Gasteiger partial charge on any atom is 0.342 e. The molecule has 0 amide bonds. The van der Waals surface area contributed by atoms with Gasteiger partial charge in [-0.2, -0.15) is 0 Å². The molecule has 8 heteroatoms. The first-order valence-corrected chi connectivity index (χ1v) is 14.4. The van der Waals surface area contributed by atoms with Gasteiger partial charge in [-0.3, -0.25) is 9.69 Å². The van der Waals surface area contributed by atoms with Gasteiger partial charge in [-0.05, 0) is 46.5 Å². The third kappa shape index (κ3) is 6.91. The van der Waals surface area contributed by atoms with E-state index in [2.05, 4.69) is 6.08 Å². The molecule has 6 unspecified atom stereocenters. The summed E-state index contributed by atoms with van der Waals surface area (Å²) in [5.41, 5.74) is 3.78. The van der Waals surface area contributed by atoms with Gasteiger partial charge < -0.3 is 23.7 Å². The standard InChI is InChI=1S/C33H51NO7/c1-12-26-28-24(9)41-33(36)29(28)31(38-11)27(30(26)37-10)19(4)13-25(18(2)3)14-20(5)32(35)40-17-23(8)34-21(6)15-39-16-22(34)7/h13,18-24H,12,14-17H2,1-11H3/b25-13-/i15D2,16D2,21D,22D. The largest absolute Gasteiger partial charge is 0.496 e. The second-order valence-electron chi connectivity index (χ2n) is 11.3. The number of allylic oxidation sites excluding steroid dienone is 2. The molecule has 230 valence electrons. The molecule has 0 radical (unpaired) electrons. The van der Waals surface area contributed by atoms with Crippen LogP contribution in [0.2, 0.25) is 0 Å². The van der Waals surface area contributed by atoms with Crippen molar-refractivity contribution in [3.63, 3.8) is 0 Å². The first-order chi connectivity index (χ1) is 21.5. The molecule has 0 spiro atoms. The van der Waals surface area contributed by atoms with E-state index in [0.717, 1.165) is 27.2 Å². The molecule has 6 atom stereocenters. The Kier molecular flexibility index (Phi) is 8.56. The zero-order chi connectivity index (χ0) is 36.0. The molecular weight excluding hydrogens is 522 g/mol. The van der Waals surface area contributed by atoms with Crippen LogP contribution in [0.5, 0.6) is 11.5 Å². The molecule has 1 fully saturated rings. The second-order valence-corrected chi connectivity index (χ2v) is 11.3. The normalized spacial score (nSPS) is 31.8. The van der Waals surface area contributed by atoms with Crippen LogP contribution in [0, 0.1) is 11.8 Å². The minimum absolute atomic E-state index is 0.0551. The Morgan fingerprint density at radius 1 is 1.10 bits per heavy atom. The predicted molar refractivity (Wildman–Crippen MR) is 160 cm³/mol. The molecule has 0 aliphatic carbocycles. The zero-order valence-electron chi connectivity index (χ0n) is 32.4. The summed E-state index contributed by atoms with van der Waals surface area (Å²) < 4.78 is 77.9. The van der Waals surface area contributed by atoms with Crippen molar-refractivity contribution in [2.75, 3.05) is 33.9 Å². The molecule has 1 aromatic carbocycles. The number of benzene rings is 1. The van der Waals surface area contributed by atoms with Crippen LogP contribution in [0.4, 0.5) is 0 Å².